The number of esters is 2. The van der Waals surface area contributed by atoms with Gasteiger partial charge in [0.2, 0.25) is 0 Å². The molecule has 0 unspecified atom stereocenters. The van der Waals surface area contributed by atoms with Crippen molar-refractivity contribution in [1.82, 2.24) is 0 Å². The number of carbonyl (C=O) groups is 3. The molecule has 6 bridgehead atoms. The van der Waals surface area contributed by atoms with Crippen molar-refractivity contribution in [3.8, 4) is 0 Å². The Morgan fingerprint density at radius 3 is 1.30 bits per heavy atom. The number of carboxylic acid groups (broad SMARTS) is 1. The molecule has 0 aliphatic heterocycles. The Bertz CT molecular complexity index is 962. The van der Waals surface area contributed by atoms with E-state index in [9.17, 15) is 18.8 Å². The molecule has 9 saturated carbocycles. The number of allylic oxidation sites excluding steroid dienone is 1. The number of alkyl halides is 1. The maximum atomic E-state index is 12.4. The summed E-state index contributed by atoms with van der Waals surface area (Å²) in [4.78, 5) is 34.5. The molecule has 9 aliphatic rings. The minimum Gasteiger partial charge on any atom is -0.481 e. The molecule has 7 nitrogen and oxygen atoms in total. The SMILES string of the molecule is C=CC12CCC(C(=O)OC)(CC1)CC2.COC(=O)C12CCC(CCO)(CC1)CC2.O=C(O)C12CCC(CCF)(CC1)CC2. The topological polar surface area (TPSA) is 110 Å². The van der Waals surface area contributed by atoms with Crippen molar-refractivity contribution in [3.05, 3.63) is 12.7 Å². The van der Waals surface area contributed by atoms with E-state index in [1.807, 2.05) is 0 Å². The molecule has 8 heteroatoms. The largest absolute Gasteiger partial charge is 0.481 e. The van der Waals surface area contributed by atoms with Gasteiger partial charge >= 0.3 is 17.9 Å². The lowest BCUT2D eigenvalue weighted by Gasteiger charge is -2.51. The molecular weight excluding hydrogens is 551 g/mol. The predicted octanol–water partition coefficient (Wildman–Crippen LogP) is 7.34. The number of carboxylic acids is 1. The van der Waals surface area contributed by atoms with E-state index in [0.717, 1.165) is 122 Å². The lowest BCUT2D eigenvalue weighted by Crippen LogP contribution is -2.46. The summed E-state index contributed by atoms with van der Waals surface area (Å²) in [5.41, 5.74) is 0.0791. The first-order valence-corrected chi connectivity index (χ1v) is 16.7. The molecule has 0 aromatic carbocycles. The van der Waals surface area contributed by atoms with Crippen LogP contribution in [0.5, 0.6) is 0 Å². The van der Waals surface area contributed by atoms with Crippen LogP contribution in [0, 0.1) is 32.5 Å². The minimum absolute atomic E-state index is 0.00913. The van der Waals surface area contributed by atoms with Crippen molar-refractivity contribution in [3.63, 3.8) is 0 Å². The van der Waals surface area contributed by atoms with Gasteiger partial charge in [-0.15, -0.1) is 6.58 Å². The Morgan fingerprint density at radius 2 is 1.00 bits per heavy atom. The zero-order valence-corrected chi connectivity index (χ0v) is 26.7. The van der Waals surface area contributed by atoms with E-state index in [2.05, 4.69) is 12.7 Å². The van der Waals surface area contributed by atoms with Crippen molar-refractivity contribution in [1.29, 1.82) is 0 Å². The first-order valence-electron chi connectivity index (χ1n) is 16.7. The molecule has 9 fully saturated rings. The van der Waals surface area contributed by atoms with Gasteiger partial charge in [0.1, 0.15) is 0 Å². The molecule has 0 amide bonds. The molecular formula is C35H55FO7. The van der Waals surface area contributed by atoms with Gasteiger partial charge in [-0.2, -0.15) is 0 Å². The van der Waals surface area contributed by atoms with Crippen LogP contribution >= 0.6 is 0 Å². The van der Waals surface area contributed by atoms with Gasteiger partial charge in [0, 0.05) is 6.61 Å². The fraction of sp³-hybridized carbons (Fsp3) is 0.857. The average molecular weight is 607 g/mol. The normalized spacial score (nSPS) is 40.3. The number of halogens is 1. The van der Waals surface area contributed by atoms with E-state index in [0.29, 0.717) is 17.3 Å². The summed E-state index contributed by atoms with van der Waals surface area (Å²) in [6, 6.07) is 0. The molecule has 0 radical (unpaired) electrons. The summed E-state index contributed by atoms with van der Waals surface area (Å²) in [6.45, 7) is 3.96. The quantitative estimate of drug-likeness (QED) is 0.220. The average Bonchev–Trinajstić information content (AvgIpc) is 3.07. The molecule has 0 aromatic heterocycles. The maximum absolute atomic E-state index is 12.4. The Kier molecular flexibility index (Phi) is 10.4. The number of aliphatic hydroxyl groups excluding tert-OH is 1. The van der Waals surface area contributed by atoms with Crippen molar-refractivity contribution >= 4 is 17.9 Å². The highest BCUT2D eigenvalue weighted by Gasteiger charge is 2.54. The fourth-order valence-corrected chi connectivity index (χ4v) is 9.60. The number of rotatable bonds is 8. The Labute approximate surface area is 257 Å². The van der Waals surface area contributed by atoms with Crippen LogP contribution < -0.4 is 0 Å². The lowest BCUT2D eigenvalue weighted by atomic mass is 9.53. The molecule has 0 heterocycles. The molecule has 0 atom stereocenters. The summed E-state index contributed by atoms with van der Waals surface area (Å²) >= 11 is 0. The summed E-state index contributed by atoms with van der Waals surface area (Å²) in [7, 11) is 2.99. The second kappa shape index (κ2) is 13.2. The number of carbonyl (C=O) groups excluding carboxylic acids is 2. The zero-order chi connectivity index (χ0) is 31.4. The smallest absolute Gasteiger partial charge is 0.311 e. The van der Waals surface area contributed by atoms with Crippen LogP contribution in [0.2, 0.25) is 0 Å². The van der Waals surface area contributed by atoms with Gasteiger partial charge < -0.3 is 19.7 Å². The van der Waals surface area contributed by atoms with Crippen molar-refractivity contribution in [2.24, 2.45) is 32.5 Å². The van der Waals surface area contributed by atoms with E-state index >= 15 is 0 Å². The Balaban J connectivity index is 0.000000148. The molecule has 0 aromatic rings. The number of aliphatic hydroxyl groups is 1. The molecule has 9 aliphatic carbocycles. The second-order valence-electron chi connectivity index (χ2n) is 15.1. The molecule has 43 heavy (non-hydrogen) atoms. The first kappa shape index (κ1) is 33.9. The summed E-state index contributed by atoms with van der Waals surface area (Å²) in [6.07, 6.45) is 21.2. The highest BCUT2D eigenvalue weighted by molar-refractivity contribution is 5.78. The molecule has 2 N–H and O–H groups in total. The summed E-state index contributed by atoms with van der Waals surface area (Å²) in [5, 5.41) is 18.2. The standard InChI is InChI=1S/C12H20O3.C12H18O2.C11H17FO2/c1-15-10(14)12-5-2-11(3-6-12,4-7-12)8-9-13;1-3-11-4-7-12(8-5-11,9-6-11)10(13)14-2;12-8-7-10-1-4-11(5-2-10,6-3-10)9(13)14/h13H,2-9H2,1H3;3H,1,4-9H2,2H3;1-8H2,(H,13,14). The molecule has 9 rings (SSSR count). The third-order valence-corrected chi connectivity index (χ3v) is 13.5. The van der Waals surface area contributed by atoms with E-state index in [1.54, 1.807) is 0 Å². The van der Waals surface area contributed by atoms with Crippen LogP contribution in [0.3, 0.4) is 0 Å². The minimum atomic E-state index is -0.633. The van der Waals surface area contributed by atoms with Crippen LogP contribution in [0.15, 0.2) is 12.7 Å². The number of aliphatic carboxylic acids is 1. The third-order valence-electron chi connectivity index (χ3n) is 13.5. The molecule has 0 spiro atoms. The van der Waals surface area contributed by atoms with Gasteiger partial charge in [-0.25, -0.2) is 0 Å². The molecule has 244 valence electrons. The van der Waals surface area contributed by atoms with Crippen LogP contribution in [-0.4, -0.2) is 55.6 Å². The van der Waals surface area contributed by atoms with Gasteiger partial charge in [-0.1, -0.05) is 6.08 Å². The Morgan fingerprint density at radius 1 is 0.651 bits per heavy atom. The first-order chi connectivity index (χ1) is 20.5. The van der Waals surface area contributed by atoms with Crippen LogP contribution in [0.25, 0.3) is 0 Å². The van der Waals surface area contributed by atoms with Gasteiger partial charge in [0.15, 0.2) is 0 Å². The number of ether oxygens (including phenoxy) is 2. The third kappa shape index (κ3) is 6.55. The maximum Gasteiger partial charge on any atom is 0.311 e. The highest BCUT2D eigenvalue weighted by Crippen LogP contribution is 2.60. The van der Waals surface area contributed by atoms with Gasteiger partial charge in [-0.05, 0) is 145 Å². The highest BCUT2D eigenvalue weighted by atomic mass is 19.1. The van der Waals surface area contributed by atoms with Crippen molar-refractivity contribution < 1.29 is 38.5 Å². The van der Waals surface area contributed by atoms with Gasteiger partial charge in [0.05, 0.1) is 37.1 Å². The number of hydrogen-bond donors (Lipinski definition) is 2. The fourth-order valence-electron chi connectivity index (χ4n) is 9.60. The van der Waals surface area contributed by atoms with Crippen LogP contribution in [0.1, 0.15) is 128 Å². The lowest BCUT2D eigenvalue weighted by molar-refractivity contribution is -0.163. The van der Waals surface area contributed by atoms with Crippen LogP contribution in [0.4, 0.5) is 4.39 Å². The number of methoxy groups -OCH3 is 2. The summed E-state index contributed by atoms with van der Waals surface area (Å²) in [5.74, 6) is -0.638. The van der Waals surface area contributed by atoms with E-state index in [-0.39, 0.29) is 41.5 Å². The number of fused-ring (bicyclic) bond motifs is 9. The molecule has 0 saturated heterocycles. The zero-order valence-electron chi connectivity index (χ0n) is 26.7. The van der Waals surface area contributed by atoms with Gasteiger partial charge in [0.25, 0.3) is 0 Å². The van der Waals surface area contributed by atoms with Crippen LogP contribution in [-0.2, 0) is 23.9 Å². The monoisotopic (exact) mass is 606 g/mol. The van der Waals surface area contributed by atoms with E-state index in [4.69, 9.17) is 19.7 Å². The van der Waals surface area contributed by atoms with E-state index < -0.39 is 11.4 Å². The van der Waals surface area contributed by atoms with Gasteiger partial charge in [-0.3, -0.25) is 18.8 Å². The van der Waals surface area contributed by atoms with E-state index in [1.165, 1.54) is 14.2 Å². The number of hydrogen-bond acceptors (Lipinski definition) is 6. The van der Waals surface area contributed by atoms with Crippen molar-refractivity contribution in [2.75, 3.05) is 27.5 Å². The van der Waals surface area contributed by atoms with Crippen molar-refractivity contribution in [2.45, 2.75) is 128 Å². The predicted molar refractivity (Wildman–Crippen MR) is 162 cm³/mol. The summed E-state index contributed by atoms with van der Waals surface area (Å²) < 4.78 is 22.2. The second-order valence-corrected chi connectivity index (χ2v) is 15.1. The Hall–Kier alpha value is -1.96.